The Bertz CT molecular complexity index is 579. The van der Waals surface area contributed by atoms with E-state index in [1.165, 1.54) is 11.1 Å². The highest BCUT2D eigenvalue weighted by Gasteiger charge is 2.32. The van der Waals surface area contributed by atoms with Crippen molar-refractivity contribution in [2.75, 3.05) is 40.5 Å². The molecule has 3 rings (SSSR count). The molecule has 0 saturated carbocycles. The van der Waals surface area contributed by atoms with E-state index in [1.807, 2.05) is 7.05 Å². The van der Waals surface area contributed by atoms with Crippen LogP contribution in [0.5, 0.6) is 0 Å². The molecule has 2 saturated heterocycles. The van der Waals surface area contributed by atoms with E-state index in [-0.39, 0.29) is 36.2 Å². The summed E-state index contributed by atoms with van der Waals surface area (Å²) < 4.78 is 16.9. The molecule has 1 aromatic rings. The van der Waals surface area contributed by atoms with E-state index < -0.39 is 0 Å². The minimum Gasteiger partial charge on any atom is -0.380 e. The van der Waals surface area contributed by atoms with Gasteiger partial charge in [-0.3, -0.25) is 4.99 Å². The highest BCUT2D eigenvalue weighted by atomic mass is 127. The molecule has 2 fully saturated rings. The van der Waals surface area contributed by atoms with Gasteiger partial charge in [-0.2, -0.15) is 0 Å². The molecule has 0 bridgehead atoms. The second-order valence-corrected chi connectivity index (χ2v) is 6.56. The average Bonchev–Trinajstić information content (AvgIpc) is 3.18. The van der Waals surface area contributed by atoms with Crippen LogP contribution in [-0.2, 0) is 27.4 Å². The van der Waals surface area contributed by atoms with Crippen LogP contribution >= 0.6 is 24.0 Å². The standard InChI is InChI=1S/C19H29N3O3.HI/c1-20-19(21-12-15-5-3-6-16(11-15)14-23-2)22-8-10-25-18(13-22)17-7-4-9-24-17;/h3,5-6,11,17-18H,4,7-10,12-14H2,1-2H3,(H,20,21);1H. The van der Waals surface area contributed by atoms with Crippen molar-refractivity contribution < 1.29 is 14.2 Å². The molecule has 2 aliphatic heterocycles. The first kappa shape index (κ1) is 21.4. The third-order valence-corrected chi connectivity index (χ3v) is 4.74. The lowest BCUT2D eigenvalue weighted by atomic mass is 10.1. The molecule has 1 N–H and O–H groups in total. The zero-order valence-electron chi connectivity index (χ0n) is 15.6. The molecular formula is C19H30IN3O3. The van der Waals surface area contributed by atoms with Gasteiger partial charge in [0.2, 0.25) is 0 Å². The summed E-state index contributed by atoms with van der Waals surface area (Å²) in [6, 6.07) is 8.43. The van der Waals surface area contributed by atoms with Crippen LogP contribution in [0.15, 0.2) is 29.3 Å². The Hall–Kier alpha value is -0.900. The van der Waals surface area contributed by atoms with E-state index >= 15 is 0 Å². The van der Waals surface area contributed by atoms with Crippen LogP contribution in [0.25, 0.3) is 0 Å². The van der Waals surface area contributed by atoms with Crippen LogP contribution in [0.2, 0.25) is 0 Å². The van der Waals surface area contributed by atoms with Gasteiger partial charge in [-0.25, -0.2) is 0 Å². The second-order valence-electron chi connectivity index (χ2n) is 6.56. The summed E-state index contributed by atoms with van der Waals surface area (Å²) in [7, 11) is 3.55. The van der Waals surface area contributed by atoms with E-state index in [2.05, 4.69) is 39.5 Å². The van der Waals surface area contributed by atoms with Gasteiger partial charge in [-0.05, 0) is 24.0 Å². The molecule has 0 radical (unpaired) electrons. The predicted molar refractivity (Wildman–Crippen MR) is 113 cm³/mol. The maximum atomic E-state index is 5.93. The van der Waals surface area contributed by atoms with Crippen LogP contribution < -0.4 is 5.32 Å². The van der Waals surface area contributed by atoms with Gasteiger partial charge in [-0.15, -0.1) is 24.0 Å². The molecule has 2 unspecified atom stereocenters. The molecule has 2 atom stereocenters. The van der Waals surface area contributed by atoms with Crippen LogP contribution in [-0.4, -0.2) is 63.5 Å². The molecule has 0 spiro atoms. The maximum absolute atomic E-state index is 5.93. The smallest absolute Gasteiger partial charge is 0.194 e. The Labute approximate surface area is 173 Å². The predicted octanol–water partition coefficient (Wildman–Crippen LogP) is 2.41. The summed E-state index contributed by atoms with van der Waals surface area (Å²) in [5.41, 5.74) is 2.40. The summed E-state index contributed by atoms with van der Waals surface area (Å²) in [6.45, 7) is 4.63. The Morgan fingerprint density at radius 1 is 1.27 bits per heavy atom. The van der Waals surface area contributed by atoms with Crippen LogP contribution in [0.4, 0.5) is 0 Å². The lowest BCUT2D eigenvalue weighted by Crippen LogP contribution is -2.53. The highest BCUT2D eigenvalue weighted by Crippen LogP contribution is 2.21. The third-order valence-electron chi connectivity index (χ3n) is 4.74. The van der Waals surface area contributed by atoms with E-state index in [4.69, 9.17) is 14.2 Å². The molecule has 2 heterocycles. The number of rotatable bonds is 5. The third kappa shape index (κ3) is 5.80. The molecule has 2 aliphatic rings. The van der Waals surface area contributed by atoms with E-state index in [1.54, 1.807) is 7.11 Å². The normalized spacial score (nSPS) is 23.6. The Morgan fingerprint density at radius 2 is 2.08 bits per heavy atom. The van der Waals surface area contributed by atoms with Crippen molar-refractivity contribution in [1.29, 1.82) is 0 Å². The molecule has 26 heavy (non-hydrogen) atoms. The summed E-state index contributed by atoms with van der Waals surface area (Å²) in [5, 5.41) is 3.47. The first-order valence-electron chi connectivity index (χ1n) is 9.05. The van der Waals surface area contributed by atoms with Crippen molar-refractivity contribution in [2.45, 2.75) is 38.2 Å². The van der Waals surface area contributed by atoms with Gasteiger partial charge in [0.15, 0.2) is 5.96 Å². The fourth-order valence-electron chi connectivity index (χ4n) is 3.50. The van der Waals surface area contributed by atoms with E-state index in [0.717, 1.165) is 45.0 Å². The molecule has 6 nitrogen and oxygen atoms in total. The van der Waals surface area contributed by atoms with Crippen LogP contribution in [0, 0.1) is 0 Å². The quantitative estimate of drug-likeness (QED) is 0.403. The van der Waals surface area contributed by atoms with Gasteiger partial charge in [0, 0.05) is 40.4 Å². The van der Waals surface area contributed by atoms with Crippen molar-refractivity contribution in [3.05, 3.63) is 35.4 Å². The monoisotopic (exact) mass is 475 g/mol. The lowest BCUT2D eigenvalue weighted by Gasteiger charge is -2.37. The minimum absolute atomic E-state index is 0. The Balaban J connectivity index is 0.00000243. The van der Waals surface area contributed by atoms with Crippen molar-refractivity contribution >= 4 is 29.9 Å². The van der Waals surface area contributed by atoms with Gasteiger partial charge in [0.05, 0.1) is 19.3 Å². The van der Waals surface area contributed by atoms with E-state index in [0.29, 0.717) is 13.2 Å². The van der Waals surface area contributed by atoms with Crippen LogP contribution in [0.3, 0.4) is 0 Å². The summed E-state index contributed by atoms with van der Waals surface area (Å²) in [5.74, 6) is 0.920. The molecule has 0 aliphatic carbocycles. The van der Waals surface area contributed by atoms with Gasteiger partial charge < -0.3 is 24.4 Å². The molecule has 146 valence electrons. The van der Waals surface area contributed by atoms with Gasteiger partial charge in [0.25, 0.3) is 0 Å². The number of aliphatic imine (C=N–C) groups is 1. The largest absolute Gasteiger partial charge is 0.380 e. The van der Waals surface area contributed by atoms with Gasteiger partial charge in [0.1, 0.15) is 6.10 Å². The minimum atomic E-state index is 0. The van der Waals surface area contributed by atoms with Crippen molar-refractivity contribution in [1.82, 2.24) is 10.2 Å². The fourth-order valence-corrected chi connectivity index (χ4v) is 3.50. The SMILES string of the molecule is CN=C(NCc1cccc(COC)c1)N1CCOC(C2CCCO2)C1.I. The number of benzene rings is 1. The number of methoxy groups -OCH3 is 1. The van der Waals surface area contributed by atoms with Crippen LogP contribution in [0.1, 0.15) is 24.0 Å². The first-order chi connectivity index (χ1) is 12.3. The second kappa shape index (κ2) is 11.1. The zero-order chi connectivity index (χ0) is 17.5. The van der Waals surface area contributed by atoms with Gasteiger partial charge >= 0.3 is 0 Å². The molecule has 0 aromatic heterocycles. The topological polar surface area (TPSA) is 55.3 Å². The van der Waals surface area contributed by atoms with Crippen molar-refractivity contribution in [2.24, 2.45) is 4.99 Å². The van der Waals surface area contributed by atoms with Crippen molar-refractivity contribution in [3.63, 3.8) is 0 Å². The van der Waals surface area contributed by atoms with E-state index in [9.17, 15) is 0 Å². The zero-order valence-corrected chi connectivity index (χ0v) is 18.0. The molecule has 1 aromatic carbocycles. The molecule has 0 amide bonds. The van der Waals surface area contributed by atoms with Gasteiger partial charge in [-0.1, -0.05) is 24.3 Å². The number of halogens is 1. The number of ether oxygens (including phenoxy) is 3. The Kier molecular flexibility index (Phi) is 9.10. The number of morpholine rings is 1. The molecular weight excluding hydrogens is 445 g/mol. The van der Waals surface area contributed by atoms with Crippen molar-refractivity contribution in [3.8, 4) is 0 Å². The fraction of sp³-hybridized carbons (Fsp3) is 0.632. The number of nitrogens with one attached hydrogen (secondary N) is 1. The number of nitrogens with zero attached hydrogens (tertiary/aromatic N) is 2. The number of hydrogen-bond acceptors (Lipinski definition) is 4. The summed E-state index contributed by atoms with van der Waals surface area (Å²) in [6.07, 6.45) is 2.60. The number of hydrogen-bond donors (Lipinski definition) is 1. The average molecular weight is 475 g/mol. The highest BCUT2D eigenvalue weighted by molar-refractivity contribution is 14.0. The first-order valence-corrected chi connectivity index (χ1v) is 9.05. The lowest BCUT2D eigenvalue weighted by molar-refractivity contribution is -0.0817. The maximum Gasteiger partial charge on any atom is 0.194 e. The summed E-state index contributed by atoms with van der Waals surface area (Å²) in [4.78, 5) is 6.73. The number of guanidine groups is 1. The Morgan fingerprint density at radius 3 is 2.81 bits per heavy atom. The molecule has 7 heteroatoms. The summed E-state index contributed by atoms with van der Waals surface area (Å²) >= 11 is 0.